The average Bonchev–Trinajstić information content (AvgIpc) is 2.28. The topological polar surface area (TPSA) is 29.1 Å². The molecule has 0 heterocycles. The van der Waals surface area contributed by atoms with E-state index in [1.807, 2.05) is 20.8 Å². The molecule has 1 amide bonds. The van der Waals surface area contributed by atoms with Gasteiger partial charge in [0.1, 0.15) is 0 Å². The van der Waals surface area contributed by atoms with Crippen LogP contribution in [0.3, 0.4) is 0 Å². The highest BCUT2D eigenvalue weighted by Crippen LogP contribution is 2.16. The molecule has 0 aromatic carbocycles. The quantitative estimate of drug-likeness (QED) is 0.602. The Bertz CT molecular complexity index is 218. The molecule has 0 spiro atoms. The van der Waals surface area contributed by atoms with E-state index in [0.717, 1.165) is 18.9 Å². The summed E-state index contributed by atoms with van der Waals surface area (Å²) in [6.45, 7) is 11.3. The molecule has 0 saturated heterocycles. The molecule has 0 fully saturated rings. The zero-order valence-electron chi connectivity index (χ0n) is 13.1. The normalized spacial score (nSPS) is 13.4. The Morgan fingerprint density at radius 1 is 1.06 bits per heavy atom. The molecule has 0 aromatic rings. The Labute approximate surface area is 114 Å². The third-order valence-electron chi connectivity index (χ3n) is 3.39. The fourth-order valence-electron chi connectivity index (χ4n) is 1.98. The van der Waals surface area contributed by atoms with Crippen molar-refractivity contribution in [1.82, 2.24) is 5.32 Å². The van der Waals surface area contributed by atoms with Crippen molar-refractivity contribution in [3.8, 4) is 0 Å². The fourth-order valence-corrected chi connectivity index (χ4v) is 1.98. The van der Waals surface area contributed by atoms with E-state index in [0.29, 0.717) is 0 Å². The summed E-state index contributed by atoms with van der Waals surface area (Å²) in [5, 5.41) is 3.02. The lowest BCUT2D eigenvalue weighted by Gasteiger charge is -2.18. The Balaban J connectivity index is 3.46. The standard InChI is InChI=1S/C16H33NO/c1-6-7-8-9-11-14(2)12-10-13-17-15(18)16(3,4)5/h14H,6-13H2,1-5H3,(H,17,18). The van der Waals surface area contributed by atoms with Gasteiger partial charge in [-0.05, 0) is 18.8 Å². The molecule has 0 radical (unpaired) electrons. The van der Waals surface area contributed by atoms with Crippen molar-refractivity contribution in [2.24, 2.45) is 11.3 Å². The number of hydrogen-bond donors (Lipinski definition) is 1. The van der Waals surface area contributed by atoms with Gasteiger partial charge in [0.05, 0.1) is 0 Å². The van der Waals surface area contributed by atoms with Crippen LogP contribution in [0.2, 0.25) is 0 Å². The molecular formula is C16H33NO. The maximum absolute atomic E-state index is 11.6. The second kappa shape index (κ2) is 9.41. The van der Waals surface area contributed by atoms with Gasteiger partial charge in [-0.1, -0.05) is 66.7 Å². The predicted molar refractivity (Wildman–Crippen MR) is 79.6 cm³/mol. The zero-order chi connectivity index (χ0) is 14.0. The summed E-state index contributed by atoms with van der Waals surface area (Å²) >= 11 is 0. The van der Waals surface area contributed by atoms with Crippen molar-refractivity contribution in [2.45, 2.75) is 79.6 Å². The van der Waals surface area contributed by atoms with Gasteiger partial charge in [-0.25, -0.2) is 0 Å². The third kappa shape index (κ3) is 9.49. The summed E-state index contributed by atoms with van der Waals surface area (Å²) in [6.07, 6.45) is 9.10. The summed E-state index contributed by atoms with van der Waals surface area (Å²) in [4.78, 5) is 11.6. The molecule has 0 aliphatic carbocycles. The molecule has 2 heteroatoms. The molecule has 0 aromatic heterocycles. The lowest BCUT2D eigenvalue weighted by Crippen LogP contribution is -2.35. The molecule has 1 atom stereocenters. The first-order chi connectivity index (χ1) is 8.38. The monoisotopic (exact) mass is 255 g/mol. The van der Waals surface area contributed by atoms with Crippen molar-refractivity contribution < 1.29 is 4.79 Å². The number of hydrogen-bond acceptors (Lipinski definition) is 1. The third-order valence-corrected chi connectivity index (χ3v) is 3.39. The largest absolute Gasteiger partial charge is 0.356 e. The second-order valence-corrected chi connectivity index (χ2v) is 6.60. The van der Waals surface area contributed by atoms with Gasteiger partial charge in [0.15, 0.2) is 0 Å². The Morgan fingerprint density at radius 3 is 2.22 bits per heavy atom. The summed E-state index contributed by atoms with van der Waals surface area (Å²) in [5.41, 5.74) is -0.258. The number of unbranched alkanes of at least 4 members (excludes halogenated alkanes) is 3. The van der Waals surface area contributed by atoms with Gasteiger partial charge < -0.3 is 5.32 Å². The second-order valence-electron chi connectivity index (χ2n) is 6.60. The van der Waals surface area contributed by atoms with Crippen LogP contribution in [0, 0.1) is 11.3 Å². The number of nitrogens with one attached hydrogen (secondary N) is 1. The Kier molecular flexibility index (Phi) is 9.13. The van der Waals surface area contributed by atoms with Crippen LogP contribution < -0.4 is 5.32 Å². The SMILES string of the molecule is CCCCCCC(C)CCCNC(=O)C(C)(C)C. The fraction of sp³-hybridized carbons (Fsp3) is 0.938. The lowest BCUT2D eigenvalue weighted by molar-refractivity contribution is -0.128. The molecule has 0 rings (SSSR count). The van der Waals surface area contributed by atoms with E-state index in [1.54, 1.807) is 0 Å². The van der Waals surface area contributed by atoms with Crippen LogP contribution in [0.1, 0.15) is 79.6 Å². The van der Waals surface area contributed by atoms with Crippen molar-refractivity contribution >= 4 is 5.91 Å². The van der Waals surface area contributed by atoms with Crippen LogP contribution in [0.5, 0.6) is 0 Å². The average molecular weight is 255 g/mol. The van der Waals surface area contributed by atoms with Gasteiger partial charge >= 0.3 is 0 Å². The van der Waals surface area contributed by atoms with Gasteiger partial charge in [-0.2, -0.15) is 0 Å². The van der Waals surface area contributed by atoms with Gasteiger partial charge in [0.2, 0.25) is 5.91 Å². The predicted octanol–water partition coefficient (Wildman–Crippen LogP) is 4.54. The molecule has 1 unspecified atom stereocenters. The molecule has 1 N–H and O–H groups in total. The molecule has 0 saturated carbocycles. The Hall–Kier alpha value is -0.530. The maximum atomic E-state index is 11.6. The van der Waals surface area contributed by atoms with Crippen LogP contribution in [0.25, 0.3) is 0 Å². The number of carbonyl (C=O) groups excluding carboxylic acids is 1. The lowest BCUT2D eigenvalue weighted by atomic mass is 9.95. The maximum Gasteiger partial charge on any atom is 0.225 e. The number of rotatable bonds is 9. The van der Waals surface area contributed by atoms with Gasteiger partial charge in [-0.15, -0.1) is 0 Å². The summed E-state index contributed by atoms with van der Waals surface area (Å²) < 4.78 is 0. The zero-order valence-corrected chi connectivity index (χ0v) is 13.1. The molecule has 108 valence electrons. The van der Waals surface area contributed by atoms with E-state index < -0.39 is 0 Å². The van der Waals surface area contributed by atoms with E-state index >= 15 is 0 Å². The number of amides is 1. The molecule has 2 nitrogen and oxygen atoms in total. The van der Waals surface area contributed by atoms with E-state index in [4.69, 9.17) is 0 Å². The summed E-state index contributed by atoms with van der Waals surface area (Å²) in [7, 11) is 0. The molecular weight excluding hydrogens is 222 g/mol. The minimum absolute atomic E-state index is 0.165. The van der Waals surface area contributed by atoms with Crippen molar-refractivity contribution in [2.75, 3.05) is 6.54 Å². The minimum Gasteiger partial charge on any atom is -0.356 e. The van der Waals surface area contributed by atoms with E-state index in [9.17, 15) is 4.79 Å². The van der Waals surface area contributed by atoms with E-state index in [2.05, 4.69) is 19.2 Å². The van der Waals surface area contributed by atoms with Crippen LogP contribution in [0.4, 0.5) is 0 Å². The highest BCUT2D eigenvalue weighted by molar-refractivity contribution is 5.81. The molecule has 18 heavy (non-hydrogen) atoms. The highest BCUT2D eigenvalue weighted by atomic mass is 16.2. The van der Waals surface area contributed by atoms with Crippen molar-refractivity contribution in [1.29, 1.82) is 0 Å². The first-order valence-electron chi connectivity index (χ1n) is 7.66. The number of carbonyl (C=O) groups is 1. The summed E-state index contributed by atoms with van der Waals surface area (Å²) in [6, 6.07) is 0. The molecule has 0 aliphatic rings. The van der Waals surface area contributed by atoms with Crippen LogP contribution >= 0.6 is 0 Å². The van der Waals surface area contributed by atoms with Gasteiger partial charge in [-0.3, -0.25) is 4.79 Å². The molecule has 0 aliphatic heterocycles. The Morgan fingerprint density at radius 2 is 1.67 bits per heavy atom. The first-order valence-corrected chi connectivity index (χ1v) is 7.66. The van der Waals surface area contributed by atoms with Crippen molar-refractivity contribution in [3.05, 3.63) is 0 Å². The van der Waals surface area contributed by atoms with Gasteiger partial charge in [0, 0.05) is 12.0 Å². The van der Waals surface area contributed by atoms with Crippen LogP contribution in [0.15, 0.2) is 0 Å². The smallest absolute Gasteiger partial charge is 0.225 e. The van der Waals surface area contributed by atoms with Crippen LogP contribution in [-0.2, 0) is 4.79 Å². The van der Waals surface area contributed by atoms with E-state index in [-0.39, 0.29) is 11.3 Å². The highest BCUT2D eigenvalue weighted by Gasteiger charge is 2.20. The van der Waals surface area contributed by atoms with Crippen molar-refractivity contribution in [3.63, 3.8) is 0 Å². The minimum atomic E-state index is -0.258. The first kappa shape index (κ1) is 17.5. The van der Waals surface area contributed by atoms with Crippen LogP contribution in [-0.4, -0.2) is 12.5 Å². The van der Waals surface area contributed by atoms with Gasteiger partial charge in [0.25, 0.3) is 0 Å². The van der Waals surface area contributed by atoms with E-state index in [1.165, 1.54) is 38.5 Å². The molecule has 0 bridgehead atoms. The summed E-state index contributed by atoms with van der Waals surface area (Å²) in [5.74, 6) is 0.964.